The van der Waals surface area contributed by atoms with E-state index in [0.29, 0.717) is 36.5 Å². The van der Waals surface area contributed by atoms with Crippen LogP contribution < -0.4 is 0 Å². The van der Waals surface area contributed by atoms with Gasteiger partial charge in [-0.25, -0.2) is 4.39 Å². The predicted octanol–water partition coefficient (Wildman–Crippen LogP) is 5.33. The van der Waals surface area contributed by atoms with Crippen LogP contribution in [0.25, 0.3) is 28.5 Å². The largest absolute Gasteiger partial charge is 0.507 e. The third kappa shape index (κ3) is 2.18. The standard InChI is InChI=1S/C16H11FINO3S/c17-9-2-1-8(7-10(9)18)14-15-11(3-4-13(15)20)19-12-5-6-23(21,22)16(12)14/h1-7,19-22H. The van der Waals surface area contributed by atoms with E-state index in [1.807, 2.05) is 22.6 Å². The second kappa shape index (κ2) is 4.97. The molecule has 0 fully saturated rings. The van der Waals surface area contributed by atoms with Crippen molar-refractivity contribution in [2.75, 3.05) is 0 Å². The van der Waals surface area contributed by atoms with Crippen LogP contribution in [0.2, 0.25) is 0 Å². The summed E-state index contributed by atoms with van der Waals surface area (Å²) in [6, 6.07) is 7.81. The molecule has 23 heavy (non-hydrogen) atoms. The zero-order chi connectivity index (χ0) is 16.4. The molecule has 1 aromatic carbocycles. The summed E-state index contributed by atoms with van der Waals surface area (Å²) in [5.41, 5.74) is 2.89. The third-order valence-corrected chi connectivity index (χ3v) is 6.22. The quantitative estimate of drug-likeness (QED) is 0.384. The first kappa shape index (κ1) is 15.0. The lowest BCUT2D eigenvalue weighted by Gasteiger charge is -2.29. The molecule has 0 bridgehead atoms. The Morgan fingerprint density at radius 2 is 1.87 bits per heavy atom. The number of aromatic amines is 1. The molecule has 2 aliphatic heterocycles. The number of fused-ring (bicyclic) bond motifs is 2. The highest BCUT2D eigenvalue weighted by molar-refractivity contribution is 14.1. The van der Waals surface area contributed by atoms with Crippen LogP contribution >= 0.6 is 33.2 Å². The molecule has 0 saturated heterocycles. The van der Waals surface area contributed by atoms with Crippen molar-refractivity contribution in [2.45, 2.75) is 4.90 Å². The minimum Gasteiger partial charge on any atom is -0.507 e. The minimum absolute atomic E-state index is 0.0375. The summed E-state index contributed by atoms with van der Waals surface area (Å²) in [5, 5.41) is 11.6. The third-order valence-electron chi connectivity index (χ3n) is 3.86. The summed E-state index contributed by atoms with van der Waals surface area (Å²) in [4.78, 5) is 3.43. The van der Waals surface area contributed by atoms with Gasteiger partial charge in [0.15, 0.2) is 0 Å². The fourth-order valence-corrected chi connectivity index (χ4v) is 4.81. The van der Waals surface area contributed by atoms with E-state index in [4.69, 9.17) is 0 Å². The van der Waals surface area contributed by atoms with Crippen molar-refractivity contribution in [1.29, 1.82) is 0 Å². The number of benzene rings is 1. The predicted molar refractivity (Wildman–Crippen MR) is 97.3 cm³/mol. The van der Waals surface area contributed by atoms with E-state index in [9.17, 15) is 18.6 Å². The zero-order valence-electron chi connectivity index (χ0n) is 11.5. The first-order valence-electron chi connectivity index (χ1n) is 6.68. The number of hydrogen-bond acceptors (Lipinski definition) is 3. The topological polar surface area (TPSA) is 76.5 Å². The van der Waals surface area contributed by atoms with Gasteiger partial charge in [0.2, 0.25) is 0 Å². The van der Waals surface area contributed by atoms with E-state index in [2.05, 4.69) is 4.98 Å². The Labute approximate surface area is 146 Å². The molecule has 1 aromatic rings. The molecule has 2 heterocycles. The Bertz CT molecular complexity index is 951. The van der Waals surface area contributed by atoms with Crippen molar-refractivity contribution in [2.24, 2.45) is 0 Å². The highest BCUT2D eigenvalue weighted by atomic mass is 127. The fraction of sp³-hybridized carbons (Fsp3) is 0. The van der Waals surface area contributed by atoms with E-state index in [1.54, 1.807) is 30.3 Å². The number of aromatic hydroxyl groups is 1. The molecule has 0 amide bonds. The van der Waals surface area contributed by atoms with Crippen LogP contribution in [-0.2, 0) is 0 Å². The zero-order valence-corrected chi connectivity index (χ0v) is 14.5. The van der Waals surface area contributed by atoms with Gasteiger partial charge < -0.3 is 10.1 Å². The summed E-state index contributed by atoms with van der Waals surface area (Å²) < 4.78 is 34.8. The summed E-state index contributed by atoms with van der Waals surface area (Å²) >= 11 is 1.89. The van der Waals surface area contributed by atoms with Crippen molar-refractivity contribution in [1.82, 2.24) is 4.98 Å². The molecular weight excluding hydrogens is 432 g/mol. The summed E-state index contributed by atoms with van der Waals surface area (Å²) in [6.07, 6.45) is 1.62. The Kier molecular flexibility index (Phi) is 3.24. The normalized spacial score (nSPS) is 16.7. The van der Waals surface area contributed by atoms with Gasteiger partial charge >= 0.3 is 0 Å². The van der Waals surface area contributed by atoms with Crippen LogP contribution in [0.15, 0.2) is 40.6 Å². The molecule has 0 aromatic heterocycles. The Morgan fingerprint density at radius 1 is 1.09 bits per heavy atom. The monoisotopic (exact) mass is 443 g/mol. The second-order valence-electron chi connectivity index (χ2n) is 5.27. The molecule has 4 N–H and O–H groups in total. The first-order chi connectivity index (χ1) is 10.9. The van der Waals surface area contributed by atoms with Crippen molar-refractivity contribution in [3.05, 3.63) is 50.8 Å². The average molecular weight is 443 g/mol. The molecule has 3 aliphatic rings. The van der Waals surface area contributed by atoms with E-state index in [1.165, 1.54) is 11.5 Å². The van der Waals surface area contributed by atoms with Crippen LogP contribution in [0.4, 0.5) is 4.39 Å². The Hall–Kier alpha value is -1.55. The maximum Gasteiger partial charge on any atom is 0.136 e. The molecule has 4 nitrogen and oxygen atoms in total. The summed E-state index contributed by atoms with van der Waals surface area (Å²) in [5.74, 6) is -0.309. The molecule has 0 unspecified atom stereocenters. The van der Waals surface area contributed by atoms with E-state index in [-0.39, 0.29) is 11.6 Å². The Balaban J connectivity index is 2.13. The lowest BCUT2D eigenvalue weighted by atomic mass is 9.98. The van der Waals surface area contributed by atoms with Crippen molar-refractivity contribution in [3.8, 4) is 28.1 Å². The maximum atomic E-state index is 13.6. The molecule has 4 rings (SSSR count). The number of aromatic nitrogens is 1. The molecule has 7 heteroatoms. The molecule has 1 aliphatic carbocycles. The van der Waals surface area contributed by atoms with Gasteiger partial charge in [-0.05, 0) is 58.5 Å². The average Bonchev–Trinajstić information content (AvgIpc) is 3.01. The van der Waals surface area contributed by atoms with Crippen LogP contribution in [0.5, 0.6) is 5.75 Å². The Morgan fingerprint density at radius 3 is 2.61 bits per heavy atom. The number of hydrogen-bond donors (Lipinski definition) is 4. The molecule has 0 atom stereocenters. The van der Waals surface area contributed by atoms with E-state index in [0.717, 1.165) is 0 Å². The van der Waals surface area contributed by atoms with E-state index < -0.39 is 10.6 Å². The van der Waals surface area contributed by atoms with E-state index >= 15 is 0 Å². The number of nitrogens with one attached hydrogen (secondary N) is 1. The van der Waals surface area contributed by atoms with Gasteiger partial charge in [0.25, 0.3) is 0 Å². The van der Waals surface area contributed by atoms with Crippen LogP contribution in [0, 0.1) is 9.39 Å². The van der Waals surface area contributed by atoms with Crippen LogP contribution in [0.1, 0.15) is 5.69 Å². The molecule has 0 saturated carbocycles. The second-order valence-corrected chi connectivity index (χ2v) is 8.30. The lowest BCUT2D eigenvalue weighted by molar-refractivity contribution is 0.479. The minimum atomic E-state index is -3.11. The van der Waals surface area contributed by atoms with Crippen LogP contribution in [-0.4, -0.2) is 19.2 Å². The van der Waals surface area contributed by atoms with Crippen molar-refractivity contribution in [3.63, 3.8) is 0 Å². The van der Waals surface area contributed by atoms with Gasteiger partial charge in [-0.3, -0.25) is 9.11 Å². The summed E-state index contributed by atoms with van der Waals surface area (Å²) in [6.45, 7) is 0. The van der Waals surface area contributed by atoms with Gasteiger partial charge in [0.05, 0.1) is 16.3 Å². The van der Waals surface area contributed by atoms with Gasteiger partial charge in [-0.1, -0.05) is 6.07 Å². The van der Waals surface area contributed by atoms with Gasteiger partial charge in [-0.2, -0.15) is 0 Å². The SMILES string of the molecule is Oc1ccc2[nH]c3c(c(-c4ccc(F)c(I)c4)c1-2)S(O)(O)C=C3. The van der Waals surface area contributed by atoms with Crippen molar-refractivity contribution >= 4 is 39.3 Å². The smallest absolute Gasteiger partial charge is 0.136 e. The fourth-order valence-electron chi connectivity index (χ4n) is 2.87. The number of halogens is 2. The highest BCUT2D eigenvalue weighted by Crippen LogP contribution is 2.62. The number of pyridine rings is 1. The molecule has 118 valence electrons. The lowest BCUT2D eigenvalue weighted by Crippen LogP contribution is -2.01. The maximum absolute atomic E-state index is 13.6. The number of H-pyrrole nitrogens is 1. The van der Waals surface area contributed by atoms with Gasteiger partial charge in [0.1, 0.15) is 11.6 Å². The number of rotatable bonds is 1. The molecule has 0 radical (unpaired) electrons. The summed E-state index contributed by atoms with van der Waals surface area (Å²) in [7, 11) is -3.11. The molecular formula is C16H11FINO3S. The van der Waals surface area contributed by atoms with Gasteiger partial charge in [-0.15, -0.1) is 10.6 Å². The molecule has 0 spiro atoms. The van der Waals surface area contributed by atoms with Crippen LogP contribution in [0.3, 0.4) is 0 Å². The van der Waals surface area contributed by atoms with Gasteiger partial charge in [0, 0.05) is 20.1 Å². The first-order valence-corrected chi connectivity index (χ1v) is 9.37. The van der Waals surface area contributed by atoms with Crippen molar-refractivity contribution < 1.29 is 18.6 Å². The highest BCUT2D eigenvalue weighted by Gasteiger charge is 2.32.